The number of thiophene rings is 1. The summed E-state index contributed by atoms with van der Waals surface area (Å²) in [5.74, 6) is 0. The maximum atomic E-state index is 6.04. The van der Waals surface area contributed by atoms with Gasteiger partial charge in [0.25, 0.3) is 0 Å². The van der Waals surface area contributed by atoms with Gasteiger partial charge in [0.05, 0.1) is 10.4 Å². The molecule has 2 aromatic rings. The second-order valence-corrected chi connectivity index (χ2v) is 6.37. The summed E-state index contributed by atoms with van der Waals surface area (Å²) in [6.45, 7) is 3.05. The van der Waals surface area contributed by atoms with Gasteiger partial charge in [-0.3, -0.25) is 0 Å². The van der Waals surface area contributed by atoms with Crippen LogP contribution in [-0.2, 0) is 0 Å². The predicted octanol–water partition coefficient (Wildman–Crippen LogP) is 4.17. The van der Waals surface area contributed by atoms with Crippen molar-refractivity contribution in [3.8, 4) is 0 Å². The van der Waals surface area contributed by atoms with E-state index in [0.29, 0.717) is 0 Å². The number of hydrogen-bond donors (Lipinski definition) is 1. The molecule has 1 atom stereocenters. The fourth-order valence-corrected chi connectivity index (χ4v) is 3.20. The maximum absolute atomic E-state index is 6.04. The first-order chi connectivity index (χ1) is 9.11. The summed E-state index contributed by atoms with van der Waals surface area (Å²) >= 11 is 7.68. The molecule has 2 rings (SSSR count). The van der Waals surface area contributed by atoms with Crippen LogP contribution in [0, 0.1) is 0 Å². The van der Waals surface area contributed by atoms with Crippen molar-refractivity contribution in [1.82, 2.24) is 5.32 Å². The molecule has 1 aromatic heterocycles. The average molecular weight is 295 g/mol. The van der Waals surface area contributed by atoms with Crippen molar-refractivity contribution >= 4 is 28.6 Å². The lowest BCUT2D eigenvalue weighted by atomic mass is 10.0. The van der Waals surface area contributed by atoms with Crippen LogP contribution >= 0.6 is 22.9 Å². The molecule has 0 saturated carbocycles. The third-order valence-electron chi connectivity index (χ3n) is 3.03. The minimum Gasteiger partial charge on any atom is -0.378 e. The van der Waals surface area contributed by atoms with Crippen molar-refractivity contribution in [3.63, 3.8) is 0 Å². The van der Waals surface area contributed by atoms with E-state index in [4.69, 9.17) is 11.6 Å². The van der Waals surface area contributed by atoms with Crippen molar-refractivity contribution in [2.24, 2.45) is 0 Å². The summed E-state index contributed by atoms with van der Waals surface area (Å²) < 4.78 is 0.836. The highest BCUT2D eigenvalue weighted by atomic mass is 35.5. The lowest BCUT2D eigenvalue weighted by Gasteiger charge is -2.19. The average Bonchev–Trinajstić information content (AvgIpc) is 2.82. The third kappa shape index (κ3) is 3.50. The van der Waals surface area contributed by atoms with Gasteiger partial charge in [0.2, 0.25) is 0 Å². The van der Waals surface area contributed by atoms with Crippen LogP contribution in [0.2, 0.25) is 4.34 Å². The molecule has 0 bridgehead atoms. The largest absolute Gasteiger partial charge is 0.378 e. The van der Waals surface area contributed by atoms with Crippen molar-refractivity contribution in [2.45, 2.75) is 13.0 Å². The Kier molecular flexibility index (Phi) is 4.86. The van der Waals surface area contributed by atoms with Gasteiger partial charge in [-0.15, -0.1) is 11.3 Å². The fourth-order valence-electron chi connectivity index (χ4n) is 2.04. The topological polar surface area (TPSA) is 15.3 Å². The lowest BCUT2D eigenvalue weighted by molar-refractivity contribution is 0.640. The predicted molar refractivity (Wildman–Crippen MR) is 85.6 cm³/mol. The van der Waals surface area contributed by atoms with Crippen molar-refractivity contribution in [3.05, 3.63) is 51.2 Å². The normalized spacial score (nSPS) is 12.4. The summed E-state index contributed by atoms with van der Waals surface area (Å²) in [6.07, 6.45) is 0. The highest BCUT2D eigenvalue weighted by Gasteiger charge is 2.15. The smallest absolute Gasteiger partial charge is 0.0931 e. The first-order valence-corrected chi connectivity index (χ1v) is 7.57. The standard InChI is InChI=1S/C15H19ClN2S/c1-4-17-15(13-9-10-14(16)19-13)11-5-7-12(8-6-11)18(2)3/h5-10,15,17H,4H2,1-3H3. The van der Waals surface area contributed by atoms with E-state index < -0.39 is 0 Å². The number of hydrogen-bond acceptors (Lipinski definition) is 3. The maximum Gasteiger partial charge on any atom is 0.0931 e. The Morgan fingerprint density at radius 1 is 1.16 bits per heavy atom. The van der Waals surface area contributed by atoms with Crippen LogP contribution in [0.5, 0.6) is 0 Å². The molecule has 0 fully saturated rings. The number of benzene rings is 1. The van der Waals surface area contributed by atoms with Crippen LogP contribution in [0.3, 0.4) is 0 Å². The minimum absolute atomic E-state index is 0.221. The molecule has 1 unspecified atom stereocenters. The Hall–Kier alpha value is -1.03. The highest BCUT2D eigenvalue weighted by Crippen LogP contribution is 2.31. The Labute approximate surface area is 124 Å². The highest BCUT2D eigenvalue weighted by molar-refractivity contribution is 7.16. The van der Waals surface area contributed by atoms with Gasteiger partial charge in [-0.05, 0) is 36.4 Å². The molecule has 0 spiro atoms. The van der Waals surface area contributed by atoms with E-state index in [9.17, 15) is 0 Å². The second kappa shape index (κ2) is 6.42. The van der Waals surface area contributed by atoms with Crippen LogP contribution in [-0.4, -0.2) is 20.6 Å². The van der Waals surface area contributed by atoms with Gasteiger partial charge in [0, 0.05) is 24.7 Å². The molecule has 1 N–H and O–H groups in total. The van der Waals surface area contributed by atoms with Crippen LogP contribution < -0.4 is 10.2 Å². The zero-order valence-corrected chi connectivity index (χ0v) is 13.1. The first-order valence-electron chi connectivity index (χ1n) is 6.37. The Morgan fingerprint density at radius 3 is 2.32 bits per heavy atom. The van der Waals surface area contributed by atoms with Gasteiger partial charge in [-0.1, -0.05) is 30.7 Å². The number of anilines is 1. The molecule has 0 saturated heterocycles. The molecule has 2 nitrogen and oxygen atoms in total. The first kappa shape index (κ1) is 14.4. The number of halogens is 1. The Morgan fingerprint density at radius 2 is 1.84 bits per heavy atom. The Bertz CT molecular complexity index is 519. The van der Waals surface area contributed by atoms with Crippen molar-refractivity contribution < 1.29 is 0 Å². The van der Waals surface area contributed by atoms with Crippen LogP contribution in [0.15, 0.2) is 36.4 Å². The zero-order valence-electron chi connectivity index (χ0n) is 11.5. The summed E-state index contributed by atoms with van der Waals surface area (Å²) in [6, 6.07) is 12.9. The molecule has 0 radical (unpaired) electrons. The van der Waals surface area contributed by atoms with Crippen LogP contribution in [0.25, 0.3) is 0 Å². The Balaban J connectivity index is 2.28. The molecular formula is C15H19ClN2S. The van der Waals surface area contributed by atoms with Gasteiger partial charge >= 0.3 is 0 Å². The molecule has 102 valence electrons. The van der Waals surface area contributed by atoms with E-state index in [2.05, 4.69) is 61.6 Å². The summed E-state index contributed by atoms with van der Waals surface area (Å²) in [5.41, 5.74) is 2.48. The quantitative estimate of drug-likeness (QED) is 0.890. The third-order valence-corrected chi connectivity index (χ3v) is 4.33. The number of nitrogens with zero attached hydrogens (tertiary/aromatic N) is 1. The van der Waals surface area contributed by atoms with Crippen LogP contribution in [0.1, 0.15) is 23.4 Å². The van der Waals surface area contributed by atoms with Gasteiger partial charge in [0.1, 0.15) is 0 Å². The SMILES string of the molecule is CCNC(c1ccc(N(C)C)cc1)c1ccc(Cl)s1. The van der Waals surface area contributed by atoms with Crippen molar-refractivity contribution in [1.29, 1.82) is 0 Å². The molecule has 0 aliphatic carbocycles. The summed E-state index contributed by atoms with van der Waals surface area (Å²) in [4.78, 5) is 3.36. The molecule has 0 amide bonds. The molecule has 0 aliphatic rings. The van der Waals surface area contributed by atoms with E-state index in [1.165, 1.54) is 16.1 Å². The van der Waals surface area contributed by atoms with Gasteiger partial charge in [0.15, 0.2) is 0 Å². The van der Waals surface area contributed by atoms with Gasteiger partial charge < -0.3 is 10.2 Å². The summed E-state index contributed by atoms with van der Waals surface area (Å²) in [5, 5.41) is 3.52. The molecule has 1 heterocycles. The molecular weight excluding hydrogens is 276 g/mol. The number of nitrogens with one attached hydrogen (secondary N) is 1. The van der Waals surface area contributed by atoms with E-state index in [1.54, 1.807) is 11.3 Å². The molecule has 19 heavy (non-hydrogen) atoms. The fraction of sp³-hybridized carbons (Fsp3) is 0.333. The second-order valence-electron chi connectivity index (χ2n) is 4.62. The molecule has 0 aliphatic heterocycles. The van der Waals surface area contributed by atoms with E-state index in [0.717, 1.165) is 10.9 Å². The lowest BCUT2D eigenvalue weighted by Crippen LogP contribution is -2.21. The monoisotopic (exact) mass is 294 g/mol. The van der Waals surface area contributed by atoms with Gasteiger partial charge in [-0.25, -0.2) is 0 Å². The molecule has 4 heteroatoms. The molecule has 1 aromatic carbocycles. The minimum atomic E-state index is 0.221. The van der Waals surface area contributed by atoms with Gasteiger partial charge in [-0.2, -0.15) is 0 Å². The van der Waals surface area contributed by atoms with E-state index >= 15 is 0 Å². The number of rotatable bonds is 5. The van der Waals surface area contributed by atoms with E-state index in [1.807, 2.05) is 6.07 Å². The van der Waals surface area contributed by atoms with E-state index in [-0.39, 0.29) is 6.04 Å². The summed E-state index contributed by atoms with van der Waals surface area (Å²) in [7, 11) is 4.10. The zero-order chi connectivity index (χ0) is 13.8. The van der Waals surface area contributed by atoms with Crippen molar-refractivity contribution in [2.75, 3.05) is 25.5 Å². The van der Waals surface area contributed by atoms with Crippen LogP contribution in [0.4, 0.5) is 5.69 Å².